The zero-order valence-electron chi connectivity index (χ0n) is 8.86. The molecule has 0 saturated heterocycles. The highest BCUT2D eigenvalue weighted by Gasteiger charge is 2.07. The highest BCUT2D eigenvalue weighted by Crippen LogP contribution is 2.14. The molecule has 4 nitrogen and oxygen atoms in total. The number of carbonyl (C=O) groups is 1. The second-order valence-corrected chi connectivity index (χ2v) is 2.95. The summed E-state index contributed by atoms with van der Waals surface area (Å²) in [4.78, 5) is 11.4. The Morgan fingerprint density at radius 2 is 1.94 bits per heavy atom. The van der Waals surface area contributed by atoms with Gasteiger partial charge in [0.1, 0.15) is 5.75 Å². The van der Waals surface area contributed by atoms with Crippen molar-refractivity contribution < 1.29 is 18.3 Å². The molecule has 0 radical (unpaired) electrons. The third-order valence-electron chi connectivity index (χ3n) is 1.77. The standard InChI is InChI=1S/C10H12F2N2O2.ClH/c11-10(12)16-8-3-1-7(2-4-8)9(15)14-6-5-13;/h1-4,10H,5-6,13H2,(H,14,15);1H. The Morgan fingerprint density at radius 1 is 1.35 bits per heavy atom. The Morgan fingerprint density at radius 3 is 2.41 bits per heavy atom. The van der Waals surface area contributed by atoms with E-state index in [4.69, 9.17) is 5.73 Å². The number of benzene rings is 1. The molecule has 0 heterocycles. The molecule has 1 aromatic rings. The summed E-state index contributed by atoms with van der Waals surface area (Å²) in [7, 11) is 0. The van der Waals surface area contributed by atoms with Crippen LogP contribution in [-0.4, -0.2) is 25.6 Å². The van der Waals surface area contributed by atoms with E-state index in [1.807, 2.05) is 0 Å². The summed E-state index contributed by atoms with van der Waals surface area (Å²) in [5, 5.41) is 2.56. The number of hydrogen-bond donors (Lipinski definition) is 2. The number of hydrogen-bond acceptors (Lipinski definition) is 3. The van der Waals surface area contributed by atoms with E-state index in [0.717, 1.165) is 0 Å². The van der Waals surface area contributed by atoms with Crippen molar-refractivity contribution in [2.75, 3.05) is 13.1 Å². The molecule has 0 saturated carbocycles. The van der Waals surface area contributed by atoms with Gasteiger partial charge in [-0.3, -0.25) is 4.79 Å². The average molecular weight is 267 g/mol. The van der Waals surface area contributed by atoms with Crippen LogP contribution in [-0.2, 0) is 0 Å². The normalized spacial score (nSPS) is 9.65. The smallest absolute Gasteiger partial charge is 0.387 e. The first-order chi connectivity index (χ1) is 7.63. The number of nitrogens with one attached hydrogen (secondary N) is 1. The van der Waals surface area contributed by atoms with E-state index >= 15 is 0 Å². The molecule has 0 fully saturated rings. The van der Waals surface area contributed by atoms with Gasteiger partial charge in [0, 0.05) is 18.7 Å². The van der Waals surface area contributed by atoms with E-state index in [1.165, 1.54) is 24.3 Å². The SMILES string of the molecule is Cl.NCCNC(=O)c1ccc(OC(F)F)cc1. The van der Waals surface area contributed by atoms with Gasteiger partial charge in [0.05, 0.1) is 0 Å². The van der Waals surface area contributed by atoms with E-state index in [-0.39, 0.29) is 24.1 Å². The van der Waals surface area contributed by atoms with Crippen LogP contribution in [0.3, 0.4) is 0 Å². The molecule has 0 unspecified atom stereocenters. The molecule has 0 aromatic heterocycles. The van der Waals surface area contributed by atoms with Crippen LogP contribution in [0.15, 0.2) is 24.3 Å². The molecular formula is C10H13ClF2N2O2. The van der Waals surface area contributed by atoms with Crippen molar-refractivity contribution in [2.45, 2.75) is 6.61 Å². The summed E-state index contributed by atoms with van der Waals surface area (Å²) < 4.78 is 27.8. The van der Waals surface area contributed by atoms with Gasteiger partial charge >= 0.3 is 6.61 Å². The molecule has 0 aliphatic carbocycles. The first-order valence-electron chi connectivity index (χ1n) is 4.66. The number of alkyl halides is 2. The maximum atomic E-state index is 11.8. The van der Waals surface area contributed by atoms with Crippen LogP contribution in [0.25, 0.3) is 0 Å². The summed E-state index contributed by atoms with van der Waals surface area (Å²) in [5.74, 6) is -0.278. The van der Waals surface area contributed by atoms with E-state index in [0.29, 0.717) is 18.7 Å². The molecule has 96 valence electrons. The van der Waals surface area contributed by atoms with E-state index in [1.54, 1.807) is 0 Å². The molecule has 1 amide bonds. The van der Waals surface area contributed by atoms with Gasteiger partial charge in [0.25, 0.3) is 5.91 Å². The van der Waals surface area contributed by atoms with Crippen LogP contribution in [0.5, 0.6) is 5.75 Å². The fraction of sp³-hybridized carbons (Fsp3) is 0.300. The molecule has 0 aliphatic heterocycles. The van der Waals surface area contributed by atoms with E-state index in [9.17, 15) is 13.6 Å². The molecule has 0 atom stereocenters. The molecule has 1 aromatic carbocycles. The largest absolute Gasteiger partial charge is 0.435 e. The second-order valence-electron chi connectivity index (χ2n) is 2.95. The summed E-state index contributed by atoms with van der Waals surface area (Å²) in [5.41, 5.74) is 5.59. The minimum atomic E-state index is -2.86. The summed E-state index contributed by atoms with van der Waals surface area (Å²) in [6, 6.07) is 5.43. The Hall–Kier alpha value is -1.40. The van der Waals surface area contributed by atoms with E-state index in [2.05, 4.69) is 10.1 Å². The molecule has 3 N–H and O–H groups in total. The van der Waals surface area contributed by atoms with Crippen molar-refractivity contribution in [2.24, 2.45) is 5.73 Å². The lowest BCUT2D eigenvalue weighted by atomic mass is 10.2. The maximum absolute atomic E-state index is 11.8. The number of ether oxygens (including phenoxy) is 1. The van der Waals surface area contributed by atoms with Crippen LogP contribution >= 0.6 is 12.4 Å². The highest BCUT2D eigenvalue weighted by atomic mass is 35.5. The van der Waals surface area contributed by atoms with Gasteiger partial charge in [0.15, 0.2) is 0 Å². The Balaban J connectivity index is 0.00000256. The summed E-state index contributed by atoms with van der Waals surface area (Å²) in [6.07, 6.45) is 0. The topological polar surface area (TPSA) is 64.3 Å². The lowest BCUT2D eigenvalue weighted by Crippen LogP contribution is -2.28. The zero-order valence-corrected chi connectivity index (χ0v) is 9.68. The van der Waals surface area contributed by atoms with Gasteiger partial charge in [0.2, 0.25) is 0 Å². The Bertz CT molecular complexity index is 347. The first-order valence-corrected chi connectivity index (χ1v) is 4.66. The summed E-state index contributed by atoms with van der Waals surface area (Å²) >= 11 is 0. The van der Waals surface area contributed by atoms with Crippen LogP contribution in [0.4, 0.5) is 8.78 Å². The predicted octanol–water partition coefficient (Wildman–Crippen LogP) is 1.40. The fourth-order valence-electron chi connectivity index (χ4n) is 1.08. The number of nitrogens with two attached hydrogens (primary N) is 1. The number of amides is 1. The maximum Gasteiger partial charge on any atom is 0.387 e. The molecular weight excluding hydrogens is 254 g/mol. The quantitative estimate of drug-likeness (QED) is 0.847. The number of rotatable bonds is 5. The van der Waals surface area contributed by atoms with Crippen molar-refractivity contribution >= 4 is 18.3 Å². The van der Waals surface area contributed by atoms with Crippen molar-refractivity contribution in [1.29, 1.82) is 0 Å². The van der Waals surface area contributed by atoms with Crippen LogP contribution in [0, 0.1) is 0 Å². The van der Waals surface area contributed by atoms with Gasteiger partial charge < -0.3 is 15.8 Å². The first kappa shape index (κ1) is 15.6. The monoisotopic (exact) mass is 266 g/mol. The van der Waals surface area contributed by atoms with Crippen molar-refractivity contribution in [3.63, 3.8) is 0 Å². The Labute approximate surface area is 104 Å². The lowest BCUT2D eigenvalue weighted by Gasteiger charge is -2.06. The van der Waals surface area contributed by atoms with E-state index < -0.39 is 6.61 Å². The van der Waals surface area contributed by atoms with Gasteiger partial charge in [-0.1, -0.05) is 0 Å². The second kappa shape index (κ2) is 7.81. The molecule has 17 heavy (non-hydrogen) atoms. The minimum Gasteiger partial charge on any atom is -0.435 e. The van der Waals surface area contributed by atoms with Crippen molar-refractivity contribution in [3.05, 3.63) is 29.8 Å². The highest BCUT2D eigenvalue weighted by molar-refractivity contribution is 5.94. The van der Waals surface area contributed by atoms with Gasteiger partial charge in [-0.2, -0.15) is 8.78 Å². The zero-order chi connectivity index (χ0) is 12.0. The Kier molecular flexibility index (Phi) is 7.16. The van der Waals surface area contributed by atoms with Gasteiger partial charge in [-0.25, -0.2) is 0 Å². The third kappa shape index (κ3) is 5.46. The molecule has 7 heteroatoms. The van der Waals surface area contributed by atoms with Crippen molar-refractivity contribution in [1.82, 2.24) is 5.32 Å². The van der Waals surface area contributed by atoms with Gasteiger partial charge in [-0.05, 0) is 24.3 Å². The van der Waals surface area contributed by atoms with Crippen LogP contribution in [0.2, 0.25) is 0 Å². The average Bonchev–Trinajstić information content (AvgIpc) is 2.26. The summed E-state index contributed by atoms with van der Waals surface area (Å²) in [6.45, 7) is -2.15. The minimum absolute atomic E-state index is 0. The predicted molar refractivity (Wildman–Crippen MR) is 61.7 cm³/mol. The molecule has 0 aliphatic rings. The third-order valence-corrected chi connectivity index (χ3v) is 1.77. The number of carbonyl (C=O) groups excluding carboxylic acids is 1. The van der Waals surface area contributed by atoms with Crippen LogP contribution < -0.4 is 15.8 Å². The van der Waals surface area contributed by atoms with Crippen molar-refractivity contribution in [3.8, 4) is 5.75 Å². The molecule has 0 bridgehead atoms. The van der Waals surface area contributed by atoms with Crippen LogP contribution in [0.1, 0.15) is 10.4 Å². The van der Waals surface area contributed by atoms with Gasteiger partial charge in [-0.15, -0.1) is 12.4 Å². The number of halogens is 3. The molecule has 1 rings (SSSR count). The lowest BCUT2D eigenvalue weighted by molar-refractivity contribution is -0.0498. The fourth-order valence-corrected chi connectivity index (χ4v) is 1.08. The molecule has 0 spiro atoms.